The first kappa shape index (κ1) is 10.7. The van der Waals surface area contributed by atoms with Crippen molar-refractivity contribution in [2.24, 2.45) is 0 Å². The predicted octanol–water partition coefficient (Wildman–Crippen LogP) is 4.20. The first-order valence-electron chi connectivity index (χ1n) is 5.29. The number of rotatable bonds is 1. The first-order chi connectivity index (χ1) is 7.27. The van der Waals surface area contributed by atoms with Crippen LogP contribution in [0.1, 0.15) is 30.9 Å². The molecule has 1 nitrogen and oxygen atoms in total. The van der Waals surface area contributed by atoms with Crippen molar-refractivity contribution >= 4 is 21.5 Å². The number of allylic oxidation sites excluding steroid dienone is 2. The molecule has 0 saturated carbocycles. The summed E-state index contributed by atoms with van der Waals surface area (Å²) in [6.07, 6.45) is 5.82. The van der Waals surface area contributed by atoms with Crippen LogP contribution < -0.4 is 4.74 Å². The summed E-state index contributed by atoms with van der Waals surface area (Å²) in [7, 11) is 1.71. The van der Waals surface area contributed by atoms with Crippen LogP contribution in [0.3, 0.4) is 0 Å². The fourth-order valence-electron chi connectivity index (χ4n) is 2.19. The van der Waals surface area contributed by atoms with Crippen molar-refractivity contribution in [2.45, 2.75) is 26.2 Å². The topological polar surface area (TPSA) is 9.23 Å². The zero-order valence-corrected chi connectivity index (χ0v) is 10.7. The van der Waals surface area contributed by atoms with Gasteiger partial charge in [0.15, 0.2) is 0 Å². The van der Waals surface area contributed by atoms with Gasteiger partial charge in [0, 0.05) is 0 Å². The van der Waals surface area contributed by atoms with E-state index in [0.29, 0.717) is 0 Å². The number of benzene rings is 1. The molecule has 1 aromatic carbocycles. The van der Waals surface area contributed by atoms with E-state index >= 15 is 0 Å². The van der Waals surface area contributed by atoms with Crippen LogP contribution in [0, 0.1) is 0 Å². The Balaban J connectivity index is 2.61. The molecule has 0 heterocycles. The molecule has 80 valence electrons. The lowest BCUT2D eigenvalue weighted by Gasteiger charge is -2.21. The maximum atomic E-state index is 5.33. The van der Waals surface area contributed by atoms with E-state index in [1.54, 1.807) is 7.11 Å². The zero-order chi connectivity index (χ0) is 10.8. The largest absolute Gasteiger partial charge is 0.496 e. The molecule has 0 aromatic heterocycles. The van der Waals surface area contributed by atoms with Crippen molar-refractivity contribution in [1.29, 1.82) is 0 Å². The number of methoxy groups -OCH3 is 1. The second kappa shape index (κ2) is 4.40. The van der Waals surface area contributed by atoms with Crippen LogP contribution in [0.5, 0.6) is 5.75 Å². The molecule has 2 rings (SSSR count). The van der Waals surface area contributed by atoms with Gasteiger partial charge in [0.2, 0.25) is 0 Å². The summed E-state index contributed by atoms with van der Waals surface area (Å²) in [6, 6.07) is 4.23. The Bertz CT molecular complexity index is 407. The van der Waals surface area contributed by atoms with Crippen molar-refractivity contribution < 1.29 is 4.74 Å². The van der Waals surface area contributed by atoms with Crippen molar-refractivity contribution in [1.82, 2.24) is 0 Å². The fourth-order valence-corrected chi connectivity index (χ4v) is 3.00. The highest BCUT2D eigenvalue weighted by atomic mass is 79.9. The van der Waals surface area contributed by atoms with E-state index in [1.807, 2.05) is 6.07 Å². The van der Waals surface area contributed by atoms with E-state index in [4.69, 9.17) is 4.74 Å². The average molecular weight is 267 g/mol. The molecular formula is C13H15BrO. The number of aryl methyl sites for hydroxylation is 1. The maximum Gasteiger partial charge on any atom is 0.133 e. The summed E-state index contributed by atoms with van der Waals surface area (Å²) in [5.74, 6) is 0.926. The van der Waals surface area contributed by atoms with Gasteiger partial charge in [-0.05, 0) is 64.9 Å². The third kappa shape index (κ3) is 1.83. The molecule has 0 N–H and O–H groups in total. The van der Waals surface area contributed by atoms with Crippen LogP contribution in [0.25, 0.3) is 5.57 Å². The maximum absolute atomic E-state index is 5.33. The molecule has 1 aliphatic rings. The van der Waals surface area contributed by atoms with Gasteiger partial charge in [-0.1, -0.05) is 12.1 Å². The Labute approximate surface area is 99.3 Å². The Hall–Kier alpha value is -0.760. The van der Waals surface area contributed by atoms with E-state index in [2.05, 4.69) is 35.0 Å². The molecule has 0 saturated heterocycles. The van der Waals surface area contributed by atoms with Crippen molar-refractivity contribution in [3.8, 4) is 5.75 Å². The molecule has 2 heteroatoms. The summed E-state index contributed by atoms with van der Waals surface area (Å²) in [5, 5.41) is 0. The van der Waals surface area contributed by atoms with Gasteiger partial charge in [-0.15, -0.1) is 0 Å². The molecule has 0 bridgehead atoms. The molecule has 0 spiro atoms. The molecule has 15 heavy (non-hydrogen) atoms. The molecule has 1 aliphatic carbocycles. The van der Waals surface area contributed by atoms with Crippen LogP contribution in [-0.4, -0.2) is 7.11 Å². The molecule has 0 radical (unpaired) electrons. The Morgan fingerprint density at radius 3 is 2.80 bits per heavy atom. The lowest BCUT2D eigenvalue weighted by Crippen LogP contribution is -2.03. The summed E-state index contributed by atoms with van der Waals surface area (Å²) in [4.78, 5) is 0. The van der Waals surface area contributed by atoms with Gasteiger partial charge in [0.05, 0.1) is 11.6 Å². The lowest BCUT2D eigenvalue weighted by molar-refractivity contribution is 0.411. The van der Waals surface area contributed by atoms with E-state index < -0.39 is 0 Å². The minimum atomic E-state index is 0.926. The molecule has 0 atom stereocenters. The van der Waals surface area contributed by atoms with Gasteiger partial charge < -0.3 is 4.74 Å². The van der Waals surface area contributed by atoms with Gasteiger partial charge >= 0.3 is 0 Å². The third-order valence-electron chi connectivity index (χ3n) is 2.97. The number of halogens is 1. The number of hydrogen-bond acceptors (Lipinski definition) is 1. The van der Waals surface area contributed by atoms with E-state index in [9.17, 15) is 0 Å². The van der Waals surface area contributed by atoms with Crippen molar-refractivity contribution in [3.05, 3.63) is 33.8 Å². The highest BCUT2D eigenvalue weighted by molar-refractivity contribution is 9.10. The standard InChI is InChI=1S/C13H15BrO/c1-3-9-5-4-6-10-7-8-11(15-2)13(14)12(9)10/h3,7-8H,4-6H2,1-2H3. The van der Waals surface area contributed by atoms with Crippen molar-refractivity contribution in [3.63, 3.8) is 0 Å². The normalized spacial score (nSPS) is 17.7. The molecule has 0 aliphatic heterocycles. The second-order valence-corrected chi connectivity index (χ2v) is 4.58. The van der Waals surface area contributed by atoms with Crippen molar-refractivity contribution in [2.75, 3.05) is 7.11 Å². The van der Waals surface area contributed by atoms with Crippen LogP contribution in [0.15, 0.2) is 22.7 Å². The fraction of sp³-hybridized carbons (Fsp3) is 0.385. The Kier molecular flexibility index (Phi) is 3.15. The van der Waals surface area contributed by atoms with Crippen LogP contribution >= 0.6 is 15.9 Å². The van der Waals surface area contributed by atoms with Gasteiger partial charge in [0.25, 0.3) is 0 Å². The van der Waals surface area contributed by atoms with Crippen LogP contribution in [-0.2, 0) is 6.42 Å². The summed E-state index contributed by atoms with van der Waals surface area (Å²) in [5.41, 5.74) is 4.21. The Morgan fingerprint density at radius 2 is 2.13 bits per heavy atom. The van der Waals surface area contributed by atoms with E-state index in [-0.39, 0.29) is 0 Å². The average Bonchev–Trinajstić information content (AvgIpc) is 2.29. The second-order valence-electron chi connectivity index (χ2n) is 3.78. The van der Waals surface area contributed by atoms with E-state index in [1.165, 1.54) is 36.0 Å². The summed E-state index contributed by atoms with van der Waals surface area (Å²) in [6.45, 7) is 2.11. The predicted molar refractivity (Wildman–Crippen MR) is 67.3 cm³/mol. The van der Waals surface area contributed by atoms with Crippen LogP contribution in [0.2, 0.25) is 0 Å². The van der Waals surface area contributed by atoms with Gasteiger partial charge in [-0.2, -0.15) is 0 Å². The van der Waals surface area contributed by atoms with E-state index in [0.717, 1.165) is 10.2 Å². The summed E-state index contributed by atoms with van der Waals surface area (Å²) < 4.78 is 6.44. The summed E-state index contributed by atoms with van der Waals surface area (Å²) >= 11 is 3.64. The zero-order valence-electron chi connectivity index (χ0n) is 9.14. The smallest absolute Gasteiger partial charge is 0.133 e. The first-order valence-corrected chi connectivity index (χ1v) is 6.08. The molecular weight excluding hydrogens is 252 g/mol. The third-order valence-corrected chi connectivity index (χ3v) is 3.76. The minimum Gasteiger partial charge on any atom is -0.496 e. The molecule has 0 fully saturated rings. The molecule has 1 aromatic rings. The number of fused-ring (bicyclic) bond motifs is 1. The van der Waals surface area contributed by atoms with Crippen LogP contribution in [0.4, 0.5) is 0 Å². The number of hydrogen-bond donors (Lipinski definition) is 0. The number of ether oxygens (including phenoxy) is 1. The minimum absolute atomic E-state index is 0.926. The quantitative estimate of drug-likeness (QED) is 0.741. The SMILES string of the molecule is CC=C1CCCc2ccc(OC)c(Br)c21. The molecule has 0 amide bonds. The lowest BCUT2D eigenvalue weighted by atomic mass is 9.87. The highest BCUT2D eigenvalue weighted by Crippen LogP contribution is 2.40. The highest BCUT2D eigenvalue weighted by Gasteiger charge is 2.18. The monoisotopic (exact) mass is 266 g/mol. The molecule has 0 unspecified atom stereocenters. The van der Waals surface area contributed by atoms with Gasteiger partial charge in [-0.3, -0.25) is 0 Å². The van der Waals surface area contributed by atoms with Gasteiger partial charge in [-0.25, -0.2) is 0 Å². The van der Waals surface area contributed by atoms with Gasteiger partial charge in [0.1, 0.15) is 5.75 Å². The Morgan fingerprint density at radius 1 is 1.33 bits per heavy atom.